The number of nitrogens with zero attached hydrogens (tertiary/aromatic N) is 4. The van der Waals surface area contributed by atoms with Crippen molar-refractivity contribution in [1.82, 2.24) is 4.98 Å². The van der Waals surface area contributed by atoms with Crippen LogP contribution < -0.4 is 4.90 Å². The molecule has 0 amide bonds. The Hall–Kier alpha value is -4.41. The quantitative estimate of drug-likeness (QED) is 0.369. The average molecular weight is 453 g/mol. The molecule has 0 spiro atoms. The van der Waals surface area contributed by atoms with E-state index >= 15 is 0 Å². The zero-order chi connectivity index (χ0) is 24.1. The van der Waals surface area contributed by atoms with E-state index in [9.17, 15) is 10.5 Å². The van der Waals surface area contributed by atoms with E-state index in [1.165, 1.54) is 38.9 Å². The molecule has 0 bridgehead atoms. The first-order valence-corrected chi connectivity index (χ1v) is 12.0. The van der Waals surface area contributed by atoms with Crippen molar-refractivity contribution in [2.45, 2.75) is 25.7 Å². The number of fused-ring (bicyclic) bond motifs is 7. The minimum absolute atomic E-state index is 0.699. The Morgan fingerprint density at radius 2 is 1.31 bits per heavy atom. The first-order valence-electron chi connectivity index (χ1n) is 12.0. The Bertz CT molecular complexity index is 1580. The van der Waals surface area contributed by atoms with Crippen molar-refractivity contribution in [1.29, 1.82) is 10.5 Å². The summed E-state index contributed by atoms with van der Waals surface area (Å²) < 4.78 is 0. The van der Waals surface area contributed by atoms with Gasteiger partial charge in [-0.3, -0.25) is 4.98 Å². The van der Waals surface area contributed by atoms with Gasteiger partial charge in [0, 0.05) is 42.2 Å². The molecule has 2 aliphatic carbocycles. The van der Waals surface area contributed by atoms with Crippen LogP contribution >= 0.6 is 0 Å². The van der Waals surface area contributed by atoms with E-state index in [2.05, 4.69) is 53.4 Å². The number of rotatable bonds is 2. The molecule has 0 saturated carbocycles. The second-order valence-corrected chi connectivity index (χ2v) is 9.54. The molecule has 2 aliphatic rings. The van der Waals surface area contributed by atoms with Gasteiger partial charge in [0.05, 0.1) is 29.0 Å². The van der Waals surface area contributed by atoms with E-state index in [4.69, 9.17) is 4.98 Å². The summed E-state index contributed by atoms with van der Waals surface area (Å²) in [6.45, 7) is 0. The molecule has 0 N–H and O–H groups in total. The highest BCUT2D eigenvalue weighted by Crippen LogP contribution is 2.47. The zero-order valence-electron chi connectivity index (χ0n) is 19.9. The molecular formula is C31H24N4. The summed E-state index contributed by atoms with van der Waals surface area (Å²) in [7, 11) is 4.10. The van der Waals surface area contributed by atoms with Gasteiger partial charge in [0.2, 0.25) is 0 Å². The van der Waals surface area contributed by atoms with Crippen LogP contribution in [0.4, 0.5) is 5.69 Å². The predicted molar refractivity (Wildman–Crippen MR) is 139 cm³/mol. The van der Waals surface area contributed by atoms with Crippen molar-refractivity contribution in [2.24, 2.45) is 0 Å². The number of hydrogen-bond acceptors (Lipinski definition) is 4. The van der Waals surface area contributed by atoms with E-state index < -0.39 is 0 Å². The van der Waals surface area contributed by atoms with Gasteiger partial charge in [-0.2, -0.15) is 10.5 Å². The van der Waals surface area contributed by atoms with Gasteiger partial charge in [-0.15, -0.1) is 0 Å². The Labute approximate surface area is 205 Å². The molecule has 4 heteroatoms. The van der Waals surface area contributed by atoms with Crippen molar-refractivity contribution in [3.05, 3.63) is 94.2 Å². The molecule has 4 aromatic rings. The number of hydrogen-bond donors (Lipinski definition) is 0. The van der Waals surface area contributed by atoms with Gasteiger partial charge in [0.25, 0.3) is 0 Å². The maximum absolute atomic E-state index is 9.46. The molecule has 6 rings (SSSR count). The monoisotopic (exact) mass is 452 g/mol. The molecule has 0 saturated heterocycles. The highest BCUT2D eigenvalue weighted by atomic mass is 15.1. The molecule has 0 fully saturated rings. The van der Waals surface area contributed by atoms with Crippen LogP contribution in [0.3, 0.4) is 0 Å². The van der Waals surface area contributed by atoms with Crippen LogP contribution in [0, 0.1) is 22.7 Å². The van der Waals surface area contributed by atoms with Crippen LogP contribution in [-0.2, 0) is 25.7 Å². The molecule has 35 heavy (non-hydrogen) atoms. The first kappa shape index (κ1) is 21.1. The fourth-order valence-electron chi connectivity index (χ4n) is 5.59. The van der Waals surface area contributed by atoms with E-state index in [0.29, 0.717) is 11.1 Å². The lowest BCUT2D eigenvalue weighted by Gasteiger charge is -2.30. The minimum atomic E-state index is 0.699. The third-order valence-corrected chi connectivity index (χ3v) is 7.32. The van der Waals surface area contributed by atoms with Gasteiger partial charge in [-0.1, -0.05) is 24.3 Å². The molecule has 0 unspecified atom stereocenters. The van der Waals surface area contributed by atoms with Crippen molar-refractivity contribution < 1.29 is 0 Å². The molecule has 3 aromatic carbocycles. The number of aromatic nitrogens is 1. The molecular weight excluding hydrogens is 428 g/mol. The van der Waals surface area contributed by atoms with Gasteiger partial charge in [-0.25, -0.2) is 0 Å². The molecule has 4 nitrogen and oxygen atoms in total. The second-order valence-electron chi connectivity index (χ2n) is 9.54. The van der Waals surface area contributed by atoms with Crippen molar-refractivity contribution in [3.8, 4) is 45.6 Å². The highest BCUT2D eigenvalue weighted by molar-refractivity contribution is 5.93. The van der Waals surface area contributed by atoms with Crippen molar-refractivity contribution in [3.63, 3.8) is 0 Å². The zero-order valence-corrected chi connectivity index (χ0v) is 19.9. The molecule has 0 atom stereocenters. The largest absolute Gasteiger partial charge is 0.378 e. The molecule has 1 aromatic heterocycles. The fraction of sp³-hybridized carbons (Fsp3) is 0.194. The van der Waals surface area contributed by atoms with E-state index in [1.807, 2.05) is 38.4 Å². The summed E-state index contributed by atoms with van der Waals surface area (Å²) in [5.41, 5.74) is 14.4. The predicted octanol–water partition coefficient (Wildman–Crippen LogP) is 6.09. The molecule has 0 radical (unpaired) electrons. The minimum Gasteiger partial charge on any atom is -0.378 e. The van der Waals surface area contributed by atoms with Gasteiger partial charge in [0.1, 0.15) is 0 Å². The summed E-state index contributed by atoms with van der Waals surface area (Å²) in [6, 6.07) is 25.3. The maximum atomic E-state index is 9.46. The van der Waals surface area contributed by atoms with Crippen LogP contribution in [0.5, 0.6) is 0 Å². The van der Waals surface area contributed by atoms with Crippen LogP contribution in [0.1, 0.15) is 33.5 Å². The SMILES string of the molecule is CN(C)c1ccc(-c2nc3c(c4c2-c2ccc(C#N)cc2CC4)-c2ccc(C#N)cc2CC3)cc1. The van der Waals surface area contributed by atoms with E-state index in [-0.39, 0.29) is 0 Å². The summed E-state index contributed by atoms with van der Waals surface area (Å²) >= 11 is 0. The Kier molecular flexibility index (Phi) is 4.90. The Balaban J connectivity index is 1.64. The molecule has 1 heterocycles. The lowest BCUT2D eigenvalue weighted by atomic mass is 9.76. The fourth-order valence-corrected chi connectivity index (χ4v) is 5.59. The van der Waals surface area contributed by atoms with Gasteiger partial charge < -0.3 is 4.90 Å². The van der Waals surface area contributed by atoms with Crippen LogP contribution in [-0.4, -0.2) is 19.1 Å². The van der Waals surface area contributed by atoms with Crippen molar-refractivity contribution >= 4 is 5.69 Å². The smallest absolute Gasteiger partial charge is 0.0991 e. The van der Waals surface area contributed by atoms with E-state index in [1.54, 1.807) is 0 Å². The third kappa shape index (κ3) is 3.38. The van der Waals surface area contributed by atoms with Crippen LogP contribution in [0.15, 0.2) is 60.7 Å². The maximum Gasteiger partial charge on any atom is 0.0991 e. The standard InChI is InChI=1S/C31H24N4/c1-35(2)24-9-5-21(6-10-24)31-30-26-12-4-20(18-33)15-22(26)7-13-27(30)29-25-11-3-19(17-32)16-23(25)8-14-28(29)34-31/h3-6,9-12,15-16H,7-8,13-14H2,1-2H3. The van der Waals surface area contributed by atoms with Crippen LogP contribution in [0.25, 0.3) is 33.5 Å². The number of anilines is 1. The first-order chi connectivity index (χ1) is 17.1. The summed E-state index contributed by atoms with van der Waals surface area (Å²) in [5, 5.41) is 18.9. The number of benzene rings is 3. The summed E-state index contributed by atoms with van der Waals surface area (Å²) in [6.07, 6.45) is 3.57. The lowest BCUT2D eigenvalue weighted by molar-refractivity contribution is 0.871. The van der Waals surface area contributed by atoms with Crippen molar-refractivity contribution in [2.75, 3.05) is 19.0 Å². The van der Waals surface area contributed by atoms with Gasteiger partial charge >= 0.3 is 0 Å². The normalized spacial score (nSPS) is 12.9. The molecule has 168 valence electrons. The van der Waals surface area contributed by atoms with Crippen LogP contribution in [0.2, 0.25) is 0 Å². The average Bonchev–Trinajstić information content (AvgIpc) is 2.91. The number of aryl methyl sites for hydroxylation is 3. The molecule has 0 aliphatic heterocycles. The summed E-state index contributed by atoms with van der Waals surface area (Å²) in [4.78, 5) is 7.41. The third-order valence-electron chi connectivity index (χ3n) is 7.32. The van der Waals surface area contributed by atoms with E-state index in [0.717, 1.165) is 48.3 Å². The number of nitriles is 2. The summed E-state index contributed by atoms with van der Waals surface area (Å²) in [5.74, 6) is 0. The Morgan fingerprint density at radius 3 is 1.91 bits per heavy atom. The highest BCUT2D eigenvalue weighted by Gasteiger charge is 2.30. The number of pyridine rings is 1. The topological polar surface area (TPSA) is 63.7 Å². The second kappa shape index (κ2) is 8.12. The lowest BCUT2D eigenvalue weighted by Crippen LogP contribution is -2.15. The Morgan fingerprint density at radius 1 is 0.714 bits per heavy atom. The van der Waals surface area contributed by atoms with Gasteiger partial charge in [-0.05, 0) is 89.9 Å². The van der Waals surface area contributed by atoms with Gasteiger partial charge in [0.15, 0.2) is 0 Å².